The number of likely N-dealkylation sites (tertiary alicyclic amines) is 1. The van der Waals surface area contributed by atoms with E-state index in [1.807, 2.05) is 18.5 Å². The summed E-state index contributed by atoms with van der Waals surface area (Å²) >= 11 is 6.06. The van der Waals surface area contributed by atoms with Gasteiger partial charge in [0.1, 0.15) is 17.1 Å². The first kappa shape index (κ1) is 26.3. The fraction of sp³-hybridized carbons (Fsp3) is 0.640. The number of nitrogens with zero attached hydrogens (tertiary/aromatic N) is 5. The van der Waals surface area contributed by atoms with Crippen molar-refractivity contribution in [1.29, 1.82) is 0 Å². The SMILES string of the molecule is CCC(C)=NC.CCCCC(=C(C)CC)N1CCC(n2cc(F)c3c(Cl)ncnc32)CC1. The number of halogens is 2. The molecule has 7 heteroatoms. The van der Waals surface area contributed by atoms with Crippen molar-refractivity contribution < 1.29 is 4.39 Å². The Morgan fingerprint density at radius 3 is 2.38 bits per heavy atom. The van der Waals surface area contributed by atoms with Crippen LogP contribution < -0.4 is 0 Å². The number of aliphatic imine (C=N–C) groups is 1. The van der Waals surface area contributed by atoms with Crippen molar-refractivity contribution in [1.82, 2.24) is 19.4 Å². The second kappa shape index (κ2) is 12.9. The van der Waals surface area contributed by atoms with Crippen LogP contribution in [0.2, 0.25) is 5.15 Å². The van der Waals surface area contributed by atoms with E-state index in [1.165, 1.54) is 42.3 Å². The lowest BCUT2D eigenvalue weighted by molar-refractivity contribution is 0.221. The topological polar surface area (TPSA) is 46.3 Å². The van der Waals surface area contributed by atoms with Gasteiger partial charge in [0, 0.05) is 43.8 Å². The zero-order valence-electron chi connectivity index (χ0n) is 20.6. The summed E-state index contributed by atoms with van der Waals surface area (Å²) in [7, 11) is 1.82. The van der Waals surface area contributed by atoms with Gasteiger partial charge in [0.05, 0.1) is 5.39 Å². The van der Waals surface area contributed by atoms with Crippen molar-refractivity contribution >= 4 is 28.3 Å². The number of hydrogen-bond acceptors (Lipinski definition) is 4. The number of piperidine rings is 1. The van der Waals surface area contributed by atoms with Crippen molar-refractivity contribution in [2.24, 2.45) is 4.99 Å². The first-order valence-electron chi connectivity index (χ1n) is 11.9. The molecule has 0 saturated carbocycles. The monoisotopic (exact) mass is 463 g/mol. The molecule has 5 nitrogen and oxygen atoms in total. The Morgan fingerprint density at radius 2 is 1.84 bits per heavy atom. The summed E-state index contributed by atoms with van der Waals surface area (Å²) in [6.45, 7) is 12.9. The number of unbranched alkanes of at least 4 members (excludes halogenated alkanes) is 1. The minimum atomic E-state index is -0.335. The molecule has 1 aliphatic heterocycles. The molecule has 0 radical (unpaired) electrons. The van der Waals surface area contributed by atoms with Gasteiger partial charge in [0.25, 0.3) is 0 Å². The standard InChI is InChI=1S/C20H28ClFN4.C5H11N/c1-4-6-7-17(14(3)5-2)25-10-8-15(9-11-25)26-12-16(22)18-19(21)23-13-24-20(18)26;1-4-5(2)6-3/h12-13,15H,4-11H2,1-3H3;4H2,1-3H3. The fourth-order valence-electron chi connectivity index (χ4n) is 4.04. The van der Waals surface area contributed by atoms with E-state index in [1.54, 1.807) is 0 Å². The van der Waals surface area contributed by atoms with Crippen LogP contribution in [0.3, 0.4) is 0 Å². The number of fused-ring (bicyclic) bond motifs is 1. The average Bonchev–Trinajstić information content (AvgIpc) is 3.17. The molecule has 3 heterocycles. The molecule has 0 amide bonds. The number of rotatable bonds is 7. The third-order valence-corrected chi connectivity index (χ3v) is 6.73. The third kappa shape index (κ3) is 6.53. The van der Waals surface area contributed by atoms with Crippen LogP contribution in [-0.4, -0.2) is 45.3 Å². The van der Waals surface area contributed by atoms with Crippen LogP contribution >= 0.6 is 11.6 Å². The van der Waals surface area contributed by atoms with Crippen molar-refractivity contribution in [2.75, 3.05) is 20.1 Å². The molecule has 2 aromatic rings. The van der Waals surface area contributed by atoms with Crippen LogP contribution in [0.5, 0.6) is 0 Å². The third-order valence-electron chi connectivity index (χ3n) is 6.44. The summed E-state index contributed by atoms with van der Waals surface area (Å²) in [4.78, 5) is 14.6. The molecular formula is C25H39ClFN5. The molecule has 32 heavy (non-hydrogen) atoms. The number of aromatic nitrogens is 3. The van der Waals surface area contributed by atoms with Crippen LogP contribution in [-0.2, 0) is 0 Å². The molecule has 0 unspecified atom stereocenters. The van der Waals surface area contributed by atoms with E-state index in [2.05, 4.69) is 47.6 Å². The molecule has 0 aliphatic carbocycles. The molecule has 178 valence electrons. The molecule has 3 rings (SSSR count). The molecule has 0 bridgehead atoms. The van der Waals surface area contributed by atoms with Crippen LogP contribution in [0.1, 0.15) is 85.6 Å². The lowest BCUT2D eigenvalue weighted by Crippen LogP contribution is -2.34. The largest absolute Gasteiger partial charge is 0.375 e. The quantitative estimate of drug-likeness (QED) is 0.321. The Bertz CT molecular complexity index is 926. The molecule has 0 N–H and O–H groups in total. The predicted molar refractivity (Wildman–Crippen MR) is 134 cm³/mol. The highest BCUT2D eigenvalue weighted by atomic mass is 35.5. The van der Waals surface area contributed by atoms with Gasteiger partial charge < -0.3 is 9.47 Å². The summed E-state index contributed by atoms with van der Waals surface area (Å²) in [5.74, 6) is -0.335. The molecule has 0 spiro atoms. The van der Waals surface area contributed by atoms with Gasteiger partial charge in [-0.1, -0.05) is 44.4 Å². The van der Waals surface area contributed by atoms with Gasteiger partial charge in [0.2, 0.25) is 0 Å². The van der Waals surface area contributed by atoms with Crippen LogP contribution in [0.15, 0.2) is 28.8 Å². The van der Waals surface area contributed by atoms with Crippen molar-refractivity contribution in [2.45, 2.75) is 85.6 Å². The Morgan fingerprint density at radius 1 is 1.16 bits per heavy atom. The maximum Gasteiger partial charge on any atom is 0.153 e. The molecule has 1 saturated heterocycles. The second-order valence-corrected chi connectivity index (χ2v) is 8.82. The van der Waals surface area contributed by atoms with Gasteiger partial charge in [-0.2, -0.15) is 0 Å². The van der Waals surface area contributed by atoms with Gasteiger partial charge in [-0.15, -0.1) is 0 Å². The van der Waals surface area contributed by atoms with Crippen LogP contribution in [0, 0.1) is 5.82 Å². The van der Waals surface area contributed by atoms with E-state index in [0.29, 0.717) is 11.0 Å². The van der Waals surface area contributed by atoms with Gasteiger partial charge in [0.15, 0.2) is 5.82 Å². The summed E-state index contributed by atoms with van der Waals surface area (Å²) in [6, 6.07) is 0.249. The minimum absolute atomic E-state index is 0.187. The van der Waals surface area contributed by atoms with Crippen molar-refractivity contribution in [3.05, 3.63) is 34.8 Å². The Labute approximate surface area is 197 Å². The van der Waals surface area contributed by atoms with Crippen molar-refractivity contribution in [3.8, 4) is 0 Å². The lowest BCUT2D eigenvalue weighted by atomic mass is 10.00. The number of hydrogen-bond donors (Lipinski definition) is 0. The highest BCUT2D eigenvalue weighted by molar-refractivity contribution is 6.34. The molecular weight excluding hydrogens is 425 g/mol. The van der Waals surface area contributed by atoms with Crippen LogP contribution in [0.4, 0.5) is 4.39 Å². The van der Waals surface area contributed by atoms with E-state index in [0.717, 1.165) is 45.2 Å². The first-order valence-corrected chi connectivity index (χ1v) is 12.3. The highest BCUT2D eigenvalue weighted by Crippen LogP contribution is 2.33. The lowest BCUT2D eigenvalue weighted by Gasteiger charge is -2.37. The van der Waals surface area contributed by atoms with Gasteiger partial charge in [-0.25, -0.2) is 14.4 Å². The number of allylic oxidation sites excluding steroid dienone is 2. The molecule has 1 aliphatic rings. The maximum atomic E-state index is 14.3. The van der Waals surface area contributed by atoms with E-state index < -0.39 is 0 Å². The summed E-state index contributed by atoms with van der Waals surface area (Å²) in [6.07, 6.45) is 10.7. The molecule has 1 fully saturated rings. The zero-order valence-corrected chi connectivity index (χ0v) is 21.3. The zero-order chi connectivity index (χ0) is 23.7. The molecule has 2 aromatic heterocycles. The van der Waals surface area contributed by atoms with Crippen molar-refractivity contribution in [3.63, 3.8) is 0 Å². The average molecular weight is 464 g/mol. The Kier molecular flexibility index (Phi) is 10.6. The summed E-state index contributed by atoms with van der Waals surface area (Å²) < 4.78 is 16.3. The maximum absolute atomic E-state index is 14.3. The van der Waals surface area contributed by atoms with E-state index in [9.17, 15) is 4.39 Å². The predicted octanol–water partition coefficient (Wildman–Crippen LogP) is 7.22. The summed E-state index contributed by atoms with van der Waals surface area (Å²) in [5.41, 5.74) is 4.83. The second-order valence-electron chi connectivity index (χ2n) is 8.46. The molecule has 0 atom stereocenters. The normalized spacial score (nSPS) is 16.1. The van der Waals surface area contributed by atoms with Crippen LogP contribution in [0.25, 0.3) is 11.0 Å². The Hall–Kier alpha value is -1.95. The van der Waals surface area contributed by atoms with E-state index in [4.69, 9.17) is 11.6 Å². The molecule has 0 aromatic carbocycles. The van der Waals surface area contributed by atoms with Gasteiger partial charge in [-0.3, -0.25) is 4.99 Å². The highest BCUT2D eigenvalue weighted by Gasteiger charge is 2.25. The Balaban J connectivity index is 0.000000534. The fourth-order valence-corrected chi connectivity index (χ4v) is 4.26. The minimum Gasteiger partial charge on any atom is -0.375 e. The summed E-state index contributed by atoms with van der Waals surface area (Å²) in [5, 5.41) is 0.522. The van der Waals surface area contributed by atoms with Gasteiger partial charge >= 0.3 is 0 Å². The van der Waals surface area contributed by atoms with E-state index >= 15 is 0 Å². The smallest absolute Gasteiger partial charge is 0.153 e. The first-order chi connectivity index (χ1) is 15.4. The van der Waals surface area contributed by atoms with Gasteiger partial charge in [-0.05, 0) is 52.4 Å². The van der Waals surface area contributed by atoms with E-state index in [-0.39, 0.29) is 17.0 Å².